The van der Waals surface area contributed by atoms with Gasteiger partial charge in [-0.25, -0.2) is 0 Å². The lowest BCUT2D eigenvalue weighted by molar-refractivity contribution is -0.127. The molecule has 0 spiro atoms. The zero-order chi connectivity index (χ0) is 22.8. The first-order chi connectivity index (χ1) is 16.2. The largest absolute Gasteiger partial charge is 0.496 e. The molecular weight excluding hydrogens is 408 g/mol. The second-order valence-electron chi connectivity index (χ2n) is 9.17. The van der Waals surface area contributed by atoms with Crippen molar-refractivity contribution in [3.05, 3.63) is 102 Å². The molecule has 0 aromatic heterocycles. The van der Waals surface area contributed by atoms with E-state index >= 15 is 0 Å². The number of ether oxygens (including phenoxy) is 1. The maximum Gasteiger partial charge on any atom is 0.137 e. The molecule has 3 aromatic rings. The fraction of sp³-hybridized carbons (Fsp3) is 0.310. The average Bonchev–Trinajstić information content (AvgIpc) is 3.33. The van der Waals surface area contributed by atoms with Gasteiger partial charge in [-0.3, -0.25) is 4.79 Å². The zero-order valence-electron chi connectivity index (χ0n) is 18.9. The van der Waals surface area contributed by atoms with Crippen molar-refractivity contribution in [2.75, 3.05) is 13.7 Å². The minimum absolute atomic E-state index is 0.0278. The van der Waals surface area contributed by atoms with Crippen LogP contribution >= 0.6 is 0 Å². The van der Waals surface area contributed by atoms with Gasteiger partial charge >= 0.3 is 0 Å². The number of methoxy groups -OCH3 is 1. The van der Waals surface area contributed by atoms with Crippen LogP contribution in [-0.2, 0) is 10.2 Å². The first-order valence-corrected chi connectivity index (χ1v) is 11.7. The Morgan fingerprint density at radius 1 is 0.970 bits per heavy atom. The van der Waals surface area contributed by atoms with Crippen LogP contribution in [0.25, 0.3) is 0 Å². The summed E-state index contributed by atoms with van der Waals surface area (Å²) in [6.07, 6.45) is 2.87. The van der Waals surface area contributed by atoms with Crippen LogP contribution in [0.4, 0.5) is 0 Å². The number of carbonyl (C=O) groups excluding carboxylic acids is 1. The highest BCUT2D eigenvalue weighted by molar-refractivity contribution is 5.84. The van der Waals surface area contributed by atoms with Crippen molar-refractivity contribution >= 4 is 12.0 Å². The van der Waals surface area contributed by atoms with Crippen molar-refractivity contribution in [1.29, 1.82) is 5.41 Å². The predicted molar refractivity (Wildman–Crippen MR) is 131 cm³/mol. The van der Waals surface area contributed by atoms with Gasteiger partial charge in [0.05, 0.1) is 7.11 Å². The number of hydrogen-bond donors (Lipinski definition) is 2. The third kappa shape index (κ3) is 3.50. The summed E-state index contributed by atoms with van der Waals surface area (Å²) in [6, 6.07) is 29.2. The SMILES string of the molecule is COc1ccccc1C(C=N)C1NCC2C(=O)CCC(c3ccccc3)(c3ccccc3)C21. The van der Waals surface area contributed by atoms with E-state index in [0.29, 0.717) is 18.7 Å². The van der Waals surface area contributed by atoms with Crippen LogP contribution in [0.5, 0.6) is 5.75 Å². The second-order valence-corrected chi connectivity index (χ2v) is 9.17. The van der Waals surface area contributed by atoms with Crippen molar-refractivity contribution in [3.63, 3.8) is 0 Å². The summed E-state index contributed by atoms with van der Waals surface area (Å²) in [6.45, 7) is 0.648. The van der Waals surface area contributed by atoms with Crippen molar-refractivity contribution < 1.29 is 9.53 Å². The molecule has 4 heteroatoms. The number of para-hydroxylation sites is 1. The minimum Gasteiger partial charge on any atom is -0.496 e. The van der Waals surface area contributed by atoms with E-state index in [1.807, 2.05) is 36.4 Å². The lowest BCUT2D eigenvalue weighted by atomic mass is 9.53. The number of carbonyl (C=O) groups is 1. The van der Waals surface area contributed by atoms with E-state index in [9.17, 15) is 4.79 Å². The summed E-state index contributed by atoms with van der Waals surface area (Å²) in [5.41, 5.74) is 3.17. The molecule has 2 aliphatic rings. The number of rotatable bonds is 6. The molecule has 1 heterocycles. The Morgan fingerprint density at radius 2 is 1.58 bits per heavy atom. The Hall–Kier alpha value is -3.24. The number of fused-ring (bicyclic) bond motifs is 1. The molecular formula is C29H30N2O2. The van der Waals surface area contributed by atoms with Gasteiger partial charge in [0.15, 0.2) is 0 Å². The number of Topliss-reactive ketones (excluding diaryl/α,β-unsaturated/α-hetero) is 1. The van der Waals surface area contributed by atoms with Crippen LogP contribution in [0.15, 0.2) is 84.9 Å². The number of benzene rings is 3. The van der Waals surface area contributed by atoms with E-state index < -0.39 is 0 Å². The summed E-state index contributed by atoms with van der Waals surface area (Å²) >= 11 is 0. The van der Waals surface area contributed by atoms with Crippen molar-refractivity contribution in [1.82, 2.24) is 5.32 Å². The molecule has 4 atom stereocenters. The molecule has 2 fully saturated rings. The average molecular weight is 439 g/mol. The highest BCUT2D eigenvalue weighted by Crippen LogP contribution is 2.55. The first-order valence-electron chi connectivity index (χ1n) is 11.7. The van der Waals surface area contributed by atoms with E-state index in [2.05, 4.69) is 53.8 Å². The normalized spacial score (nSPS) is 24.6. The smallest absolute Gasteiger partial charge is 0.137 e. The fourth-order valence-corrected chi connectivity index (χ4v) is 6.39. The molecule has 168 valence electrons. The highest BCUT2D eigenvalue weighted by atomic mass is 16.5. The van der Waals surface area contributed by atoms with Crippen LogP contribution in [-0.4, -0.2) is 31.7 Å². The van der Waals surface area contributed by atoms with Gasteiger partial charge in [-0.2, -0.15) is 0 Å². The molecule has 0 amide bonds. The molecule has 33 heavy (non-hydrogen) atoms. The molecule has 1 saturated heterocycles. The maximum absolute atomic E-state index is 13.2. The van der Waals surface area contributed by atoms with Gasteiger partial charge in [-0.15, -0.1) is 0 Å². The molecule has 1 aliphatic heterocycles. The van der Waals surface area contributed by atoms with Gasteiger partial charge in [0.1, 0.15) is 11.5 Å². The van der Waals surface area contributed by atoms with E-state index in [-0.39, 0.29) is 29.2 Å². The minimum atomic E-state index is -0.307. The van der Waals surface area contributed by atoms with E-state index in [4.69, 9.17) is 10.1 Å². The summed E-state index contributed by atoms with van der Waals surface area (Å²) in [7, 11) is 1.67. The molecule has 4 unspecified atom stereocenters. The fourth-order valence-electron chi connectivity index (χ4n) is 6.39. The van der Waals surface area contributed by atoms with Gasteiger partial charge < -0.3 is 15.5 Å². The maximum atomic E-state index is 13.2. The van der Waals surface area contributed by atoms with E-state index in [1.165, 1.54) is 17.3 Å². The third-order valence-corrected chi connectivity index (χ3v) is 7.78. The molecule has 2 N–H and O–H groups in total. The highest BCUT2D eigenvalue weighted by Gasteiger charge is 2.57. The molecule has 1 aliphatic carbocycles. The van der Waals surface area contributed by atoms with Crippen LogP contribution in [0.2, 0.25) is 0 Å². The lowest BCUT2D eigenvalue weighted by Gasteiger charge is -2.49. The van der Waals surface area contributed by atoms with Gasteiger partial charge in [0.2, 0.25) is 0 Å². The van der Waals surface area contributed by atoms with Crippen molar-refractivity contribution in [2.45, 2.75) is 30.2 Å². The topological polar surface area (TPSA) is 62.2 Å². The first kappa shape index (κ1) is 21.6. The molecule has 1 saturated carbocycles. The number of nitrogens with one attached hydrogen (secondary N) is 2. The summed E-state index contributed by atoms with van der Waals surface area (Å²) < 4.78 is 5.67. The van der Waals surface area contributed by atoms with E-state index in [1.54, 1.807) is 7.11 Å². The Kier molecular flexibility index (Phi) is 5.86. The zero-order valence-corrected chi connectivity index (χ0v) is 18.9. The van der Waals surface area contributed by atoms with Crippen LogP contribution in [0.3, 0.4) is 0 Å². The van der Waals surface area contributed by atoms with Gasteiger partial charge in [-0.05, 0) is 29.5 Å². The molecule has 0 radical (unpaired) electrons. The summed E-state index contributed by atoms with van der Waals surface area (Å²) in [4.78, 5) is 13.2. The van der Waals surface area contributed by atoms with Gasteiger partial charge in [0, 0.05) is 48.0 Å². The standard InChI is InChI=1S/C29H30N2O2/c1-33-26-15-9-8-14-22(26)23(18-30)28-27-24(19-31-28)25(32)16-17-29(27,20-10-4-2-5-11-20)21-12-6-3-7-13-21/h2-15,18,23-24,27-28,30-31H,16-17,19H2,1H3. The quantitative estimate of drug-likeness (QED) is 0.534. The van der Waals surface area contributed by atoms with Crippen LogP contribution < -0.4 is 10.1 Å². The Balaban J connectivity index is 1.71. The molecule has 5 rings (SSSR count). The number of ketones is 1. The molecule has 3 aromatic carbocycles. The third-order valence-electron chi connectivity index (χ3n) is 7.78. The Morgan fingerprint density at radius 3 is 2.18 bits per heavy atom. The second kappa shape index (κ2) is 8.95. The number of hydrogen-bond acceptors (Lipinski definition) is 4. The molecule has 4 nitrogen and oxygen atoms in total. The van der Waals surface area contributed by atoms with Crippen LogP contribution in [0, 0.1) is 17.2 Å². The molecule has 0 bridgehead atoms. The van der Waals surface area contributed by atoms with E-state index in [0.717, 1.165) is 17.7 Å². The Bertz CT molecular complexity index is 1090. The monoisotopic (exact) mass is 438 g/mol. The van der Waals surface area contributed by atoms with Crippen LogP contribution in [0.1, 0.15) is 35.4 Å². The lowest BCUT2D eigenvalue weighted by Crippen LogP contribution is -2.52. The predicted octanol–water partition coefficient (Wildman–Crippen LogP) is 4.98. The van der Waals surface area contributed by atoms with Gasteiger partial charge in [-0.1, -0.05) is 78.9 Å². The summed E-state index contributed by atoms with van der Waals surface area (Å²) in [5, 5.41) is 12.1. The van der Waals surface area contributed by atoms with Gasteiger partial charge in [0.25, 0.3) is 0 Å². The Labute approximate surface area is 195 Å². The van der Waals surface area contributed by atoms with Crippen molar-refractivity contribution in [3.8, 4) is 5.75 Å². The summed E-state index contributed by atoms with van der Waals surface area (Å²) in [5.74, 6) is 0.861. The van der Waals surface area contributed by atoms with Crippen molar-refractivity contribution in [2.24, 2.45) is 11.8 Å².